The quantitative estimate of drug-likeness (QED) is 0.280. The Balaban J connectivity index is 1.54. The van der Waals surface area contributed by atoms with E-state index in [0.717, 1.165) is 42.8 Å². The summed E-state index contributed by atoms with van der Waals surface area (Å²) in [5.41, 5.74) is 2.87. The standard InChI is InChI=1S/C28H28O2S/c1-27(2,3)19-7-9-21-17(13-19)15-29-25(21)23-11-12-24(31-23)26-22-10-8-20(28(4,5)6)14-18(22)16-30-26/h7-16H,1-6H3. The van der Waals surface area contributed by atoms with E-state index in [4.69, 9.17) is 8.83 Å². The van der Waals surface area contributed by atoms with Crippen LogP contribution in [0.15, 0.2) is 69.9 Å². The van der Waals surface area contributed by atoms with E-state index in [-0.39, 0.29) is 10.8 Å². The lowest BCUT2D eigenvalue weighted by atomic mass is 9.86. The Bertz CT molecular complexity index is 1290. The molecule has 0 aliphatic heterocycles. The molecule has 3 heterocycles. The third kappa shape index (κ3) is 3.51. The van der Waals surface area contributed by atoms with Crippen LogP contribution in [-0.4, -0.2) is 0 Å². The number of furan rings is 2. The van der Waals surface area contributed by atoms with Crippen LogP contribution < -0.4 is 0 Å². The van der Waals surface area contributed by atoms with Gasteiger partial charge in [-0.25, -0.2) is 0 Å². The molecule has 0 N–H and O–H groups in total. The van der Waals surface area contributed by atoms with Crippen LogP contribution in [0.3, 0.4) is 0 Å². The Morgan fingerprint density at radius 1 is 0.581 bits per heavy atom. The van der Waals surface area contributed by atoms with Crippen molar-refractivity contribution in [1.29, 1.82) is 0 Å². The van der Waals surface area contributed by atoms with Gasteiger partial charge in [0.15, 0.2) is 11.5 Å². The molecule has 0 saturated carbocycles. The largest absolute Gasteiger partial charge is 0.462 e. The number of thiophene rings is 1. The molecule has 2 aromatic carbocycles. The van der Waals surface area contributed by atoms with Gasteiger partial charge in [-0.05, 0) is 46.2 Å². The molecule has 31 heavy (non-hydrogen) atoms. The molecule has 3 heteroatoms. The molecule has 5 aromatic rings. The molecule has 0 amide bonds. The summed E-state index contributed by atoms with van der Waals surface area (Å²) in [6.45, 7) is 13.4. The van der Waals surface area contributed by atoms with E-state index in [0.29, 0.717) is 0 Å². The van der Waals surface area contributed by atoms with Crippen molar-refractivity contribution in [1.82, 2.24) is 0 Å². The fourth-order valence-electron chi connectivity index (χ4n) is 4.00. The molecule has 0 bridgehead atoms. The van der Waals surface area contributed by atoms with Crippen molar-refractivity contribution < 1.29 is 8.83 Å². The lowest BCUT2D eigenvalue weighted by molar-refractivity contribution is 0.587. The second kappa shape index (κ2) is 6.86. The van der Waals surface area contributed by atoms with Gasteiger partial charge in [-0.1, -0.05) is 65.8 Å². The summed E-state index contributed by atoms with van der Waals surface area (Å²) >= 11 is 1.71. The summed E-state index contributed by atoms with van der Waals surface area (Å²) in [4.78, 5) is 2.23. The molecule has 158 valence electrons. The van der Waals surface area contributed by atoms with E-state index >= 15 is 0 Å². The maximum atomic E-state index is 6.02. The number of hydrogen-bond donors (Lipinski definition) is 0. The lowest BCUT2D eigenvalue weighted by Crippen LogP contribution is -2.10. The molecule has 0 aliphatic rings. The van der Waals surface area contributed by atoms with Crippen LogP contribution in [-0.2, 0) is 10.8 Å². The zero-order chi connectivity index (χ0) is 22.0. The highest BCUT2D eigenvalue weighted by atomic mass is 32.1. The van der Waals surface area contributed by atoms with Gasteiger partial charge in [0.05, 0.1) is 22.3 Å². The molecule has 0 saturated heterocycles. The van der Waals surface area contributed by atoms with Gasteiger partial charge in [0.25, 0.3) is 0 Å². The Kier molecular flexibility index (Phi) is 4.46. The molecule has 2 nitrogen and oxygen atoms in total. The minimum Gasteiger partial charge on any atom is -0.462 e. The van der Waals surface area contributed by atoms with E-state index in [1.54, 1.807) is 11.3 Å². The molecule has 0 aliphatic carbocycles. The molecule has 3 aromatic heterocycles. The number of hydrogen-bond acceptors (Lipinski definition) is 3. The molecular formula is C28H28O2S. The predicted octanol–water partition coefficient (Wildman–Crippen LogP) is 9.17. The van der Waals surface area contributed by atoms with E-state index in [9.17, 15) is 0 Å². The summed E-state index contributed by atoms with van der Waals surface area (Å²) in [6.07, 6.45) is 3.74. The van der Waals surface area contributed by atoms with E-state index in [1.165, 1.54) is 11.1 Å². The second-order valence-electron chi connectivity index (χ2n) is 10.4. The van der Waals surface area contributed by atoms with Gasteiger partial charge in [-0.15, -0.1) is 11.3 Å². The minimum absolute atomic E-state index is 0.120. The molecular weight excluding hydrogens is 400 g/mol. The third-order valence-corrected chi connectivity index (χ3v) is 7.07. The highest BCUT2D eigenvalue weighted by Gasteiger charge is 2.20. The van der Waals surface area contributed by atoms with Gasteiger partial charge in [-0.3, -0.25) is 0 Å². The Morgan fingerprint density at radius 2 is 1.00 bits per heavy atom. The van der Waals surface area contributed by atoms with Gasteiger partial charge in [-0.2, -0.15) is 0 Å². The van der Waals surface area contributed by atoms with Crippen LogP contribution in [0.25, 0.3) is 42.8 Å². The summed E-state index contributed by atoms with van der Waals surface area (Å²) in [7, 11) is 0. The van der Waals surface area contributed by atoms with Crippen molar-refractivity contribution in [3.8, 4) is 21.3 Å². The maximum absolute atomic E-state index is 6.02. The van der Waals surface area contributed by atoms with E-state index in [2.05, 4.69) is 90.1 Å². The van der Waals surface area contributed by atoms with E-state index in [1.807, 2.05) is 12.5 Å². The molecule has 5 rings (SSSR count). The minimum atomic E-state index is 0.120. The van der Waals surface area contributed by atoms with E-state index < -0.39 is 0 Å². The SMILES string of the molecule is CC(C)(C)c1ccc2c(-c3ccc(-c4occ5cc(C(C)(C)C)ccc45)s3)occ2c1. The predicted molar refractivity (Wildman–Crippen MR) is 132 cm³/mol. The van der Waals surface area contributed by atoms with Gasteiger partial charge in [0.2, 0.25) is 0 Å². The number of rotatable bonds is 2. The Hall–Kier alpha value is -2.78. The third-order valence-electron chi connectivity index (χ3n) is 5.99. The van der Waals surface area contributed by atoms with Crippen LogP contribution >= 0.6 is 11.3 Å². The fraction of sp³-hybridized carbons (Fsp3) is 0.286. The summed E-state index contributed by atoms with van der Waals surface area (Å²) in [5, 5.41) is 4.60. The molecule has 0 fully saturated rings. The molecule has 0 unspecified atom stereocenters. The van der Waals surface area contributed by atoms with Gasteiger partial charge in [0, 0.05) is 21.5 Å². The Morgan fingerprint density at radius 3 is 1.39 bits per heavy atom. The normalized spacial score (nSPS) is 12.8. The summed E-state index contributed by atoms with van der Waals surface area (Å²) in [6, 6.07) is 17.5. The van der Waals surface area contributed by atoms with Gasteiger partial charge in [0.1, 0.15) is 0 Å². The average molecular weight is 429 g/mol. The summed E-state index contributed by atoms with van der Waals surface area (Å²) < 4.78 is 12.0. The van der Waals surface area contributed by atoms with Crippen molar-refractivity contribution in [2.45, 2.75) is 52.4 Å². The first-order valence-electron chi connectivity index (χ1n) is 10.8. The topological polar surface area (TPSA) is 26.3 Å². The molecule has 0 atom stereocenters. The first-order valence-corrected chi connectivity index (χ1v) is 11.6. The molecule has 0 radical (unpaired) electrons. The van der Waals surface area contributed by atoms with Gasteiger partial charge < -0.3 is 8.83 Å². The maximum Gasteiger partial charge on any atom is 0.151 e. The first-order chi connectivity index (χ1) is 14.6. The Labute approximate surface area is 187 Å². The second-order valence-corrected chi connectivity index (χ2v) is 11.5. The monoisotopic (exact) mass is 428 g/mol. The van der Waals surface area contributed by atoms with Crippen molar-refractivity contribution in [3.63, 3.8) is 0 Å². The highest BCUT2D eigenvalue weighted by molar-refractivity contribution is 7.18. The zero-order valence-corrected chi connectivity index (χ0v) is 19.8. The van der Waals surface area contributed by atoms with Crippen LogP contribution in [0.2, 0.25) is 0 Å². The van der Waals surface area contributed by atoms with Gasteiger partial charge >= 0.3 is 0 Å². The average Bonchev–Trinajstić information content (AvgIpc) is 3.42. The van der Waals surface area contributed by atoms with Crippen LogP contribution in [0, 0.1) is 0 Å². The smallest absolute Gasteiger partial charge is 0.151 e. The fourth-order valence-corrected chi connectivity index (χ4v) is 5.01. The van der Waals surface area contributed by atoms with Crippen LogP contribution in [0.1, 0.15) is 52.7 Å². The highest BCUT2D eigenvalue weighted by Crippen LogP contribution is 2.42. The van der Waals surface area contributed by atoms with Crippen LogP contribution in [0.4, 0.5) is 0 Å². The molecule has 0 spiro atoms. The van der Waals surface area contributed by atoms with Crippen molar-refractivity contribution in [2.75, 3.05) is 0 Å². The van der Waals surface area contributed by atoms with Crippen molar-refractivity contribution >= 4 is 32.9 Å². The summed E-state index contributed by atoms with van der Waals surface area (Å²) in [5.74, 6) is 1.86. The lowest BCUT2D eigenvalue weighted by Gasteiger charge is -2.18. The first kappa shape index (κ1) is 20.1. The zero-order valence-electron chi connectivity index (χ0n) is 19.0. The number of benzene rings is 2. The van der Waals surface area contributed by atoms with Crippen molar-refractivity contribution in [2.24, 2.45) is 0 Å². The van der Waals surface area contributed by atoms with Crippen LogP contribution in [0.5, 0.6) is 0 Å². The van der Waals surface area contributed by atoms with Crippen molar-refractivity contribution in [3.05, 3.63) is 72.2 Å². The number of fused-ring (bicyclic) bond motifs is 2.